The summed E-state index contributed by atoms with van der Waals surface area (Å²) >= 11 is 0. The molecular weight excluding hydrogens is 168 g/mol. The first kappa shape index (κ1) is 10.5. The van der Waals surface area contributed by atoms with Crippen LogP contribution in [0.3, 0.4) is 0 Å². The van der Waals surface area contributed by atoms with E-state index in [0.29, 0.717) is 0 Å². The number of fused-ring (bicyclic) bond motifs is 1. The topological polar surface area (TPSA) is 0 Å². The number of benzene rings is 1. The van der Waals surface area contributed by atoms with E-state index in [-0.39, 0.29) is 0 Å². The lowest BCUT2D eigenvalue weighted by atomic mass is 10.0. The van der Waals surface area contributed by atoms with Gasteiger partial charge in [0, 0.05) is 0 Å². The molecule has 1 aromatic rings. The Kier molecular flexibility index (Phi) is 3.08. The van der Waals surface area contributed by atoms with E-state index < -0.39 is 0 Å². The maximum Gasteiger partial charge on any atom is -0.00194 e. The number of hydrogen-bond donors (Lipinski definition) is 0. The molecule has 2 rings (SSSR count). The van der Waals surface area contributed by atoms with Crippen LogP contribution in [-0.4, -0.2) is 0 Å². The van der Waals surface area contributed by atoms with Crippen molar-refractivity contribution in [1.82, 2.24) is 0 Å². The molecule has 0 amide bonds. The molecule has 0 nitrogen and oxygen atoms in total. The number of rotatable bonds is 0. The molecule has 0 atom stereocenters. The van der Waals surface area contributed by atoms with Gasteiger partial charge in [-0.1, -0.05) is 31.4 Å². The van der Waals surface area contributed by atoms with E-state index in [0.717, 1.165) is 12.0 Å². The highest BCUT2D eigenvalue weighted by molar-refractivity contribution is 5.85. The summed E-state index contributed by atoms with van der Waals surface area (Å²) < 4.78 is 0. The van der Waals surface area contributed by atoms with Gasteiger partial charge in [-0.15, -0.1) is 13.2 Å². The highest BCUT2D eigenvalue weighted by atomic mass is 14.2. The first-order chi connectivity index (χ1) is 6.70. The van der Waals surface area contributed by atoms with Gasteiger partial charge in [0.1, 0.15) is 0 Å². The maximum absolute atomic E-state index is 4.04. The Balaban J connectivity index is 0.000000461. The molecular formula is C14H16. The van der Waals surface area contributed by atoms with E-state index in [4.69, 9.17) is 0 Å². The van der Waals surface area contributed by atoms with Crippen LogP contribution in [0.2, 0.25) is 0 Å². The Hall–Kier alpha value is -1.56. The lowest BCUT2D eigenvalue weighted by molar-refractivity contribution is 1.26. The van der Waals surface area contributed by atoms with Crippen molar-refractivity contribution < 1.29 is 0 Å². The predicted molar refractivity (Wildman–Crippen MR) is 64.3 cm³/mol. The summed E-state index contributed by atoms with van der Waals surface area (Å²) in [5, 5.41) is 0. The third kappa shape index (κ3) is 1.56. The van der Waals surface area contributed by atoms with Gasteiger partial charge in [-0.05, 0) is 41.2 Å². The molecule has 72 valence electrons. The zero-order chi connectivity index (χ0) is 10.7. The average Bonchev–Trinajstić information content (AvgIpc) is 2.47. The molecule has 1 aliphatic rings. The van der Waals surface area contributed by atoms with Crippen molar-refractivity contribution in [2.45, 2.75) is 13.3 Å². The molecule has 0 N–H and O–H groups in total. The van der Waals surface area contributed by atoms with E-state index in [9.17, 15) is 0 Å². The van der Waals surface area contributed by atoms with Crippen LogP contribution in [0.25, 0.3) is 5.57 Å². The molecule has 14 heavy (non-hydrogen) atoms. The molecule has 0 bridgehead atoms. The summed E-state index contributed by atoms with van der Waals surface area (Å²) in [7, 11) is 0. The molecule has 0 spiro atoms. The minimum Gasteiger partial charge on any atom is -0.106 e. The van der Waals surface area contributed by atoms with Crippen molar-refractivity contribution in [1.29, 1.82) is 0 Å². The van der Waals surface area contributed by atoms with Crippen LogP contribution in [0.1, 0.15) is 16.7 Å². The third-order valence-electron chi connectivity index (χ3n) is 2.49. The minimum absolute atomic E-state index is 0.982. The van der Waals surface area contributed by atoms with Gasteiger partial charge in [-0.25, -0.2) is 0 Å². The zero-order valence-corrected chi connectivity index (χ0v) is 8.77. The van der Waals surface area contributed by atoms with Gasteiger partial charge in [-0.2, -0.15) is 0 Å². The largest absolute Gasteiger partial charge is 0.106 e. The Labute approximate surface area is 86.3 Å². The number of aryl methyl sites for hydroxylation is 1. The molecule has 0 fully saturated rings. The van der Waals surface area contributed by atoms with E-state index in [1.54, 1.807) is 0 Å². The Morgan fingerprint density at radius 1 is 1.14 bits per heavy atom. The SMILES string of the molecule is C=C.C=C1Cc2cccc(C)c2C1=C. The normalized spacial score (nSPS) is 13.2. The van der Waals surface area contributed by atoms with Crippen molar-refractivity contribution in [2.24, 2.45) is 0 Å². The molecule has 1 aromatic carbocycles. The van der Waals surface area contributed by atoms with Crippen LogP contribution < -0.4 is 0 Å². The van der Waals surface area contributed by atoms with Gasteiger partial charge in [-0.3, -0.25) is 0 Å². The van der Waals surface area contributed by atoms with Crippen LogP contribution in [0.15, 0.2) is 50.1 Å². The van der Waals surface area contributed by atoms with Crippen molar-refractivity contribution in [3.8, 4) is 0 Å². The van der Waals surface area contributed by atoms with Crippen LogP contribution in [0.4, 0.5) is 0 Å². The summed E-state index contributed by atoms with van der Waals surface area (Å²) in [4.78, 5) is 0. The monoisotopic (exact) mass is 184 g/mol. The fourth-order valence-electron chi connectivity index (χ4n) is 1.82. The van der Waals surface area contributed by atoms with Crippen LogP contribution in [0, 0.1) is 6.92 Å². The van der Waals surface area contributed by atoms with Crippen molar-refractivity contribution in [2.75, 3.05) is 0 Å². The van der Waals surface area contributed by atoms with Gasteiger partial charge in [0.05, 0.1) is 0 Å². The Bertz CT molecular complexity index is 383. The quantitative estimate of drug-likeness (QED) is 0.536. The summed E-state index contributed by atoms with van der Waals surface area (Å²) in [6.45, 7) is 16.2. The lowest BCUT2D eigenvalue weighted by Gasteiger charge is -2.02. The Morgan fingerprint density at radius 2 is 1.79 bits per heavy atom. The molecule has 0 unspecified atom stereocenters. The zero-order valence-electron chi connectivity index (χ0n) is 8.77. The minimum atomic E-state index is 0.982. The van der Waals surface area contributed by atoms with Gasteiger partial charge in [0.2, 0.25) is 0 Å². The molecule has 0 radical (unpaired) electrons. The third-order valence-corrected chi connectivity index (χ3v) is 2.49. The van der Waals surface area contributed by atoms with Crippen LogP contribution in [-0.2, 0) is 6.42 Å². The van der Waals surface area contributed by atoms with Crippen molar-refractivity contribution >= 4 is 5.57 Å². The highest BCUT2D eigenvalue weighted by Gasteiger charge is 2.18. The molecule has 0 aromatic heterocycles. The average molecular weight is 184 g/mol. The van der Waals surface area contributed by atoms with Gasteiger partial charge in [0.15, 0.2) is 0 Å². The van der Waals surface area contributed by atoms with E-state index in [1.807, 2.05) is 0 Å². The summed E-state index contributed by atoms with van der Waals surface area (Å²) in [6.07, 6.45) is 0.982. The van der Waals surface area contributed by atoms with Crippen molar-refractivity contribution in [3.63, 3.8) is 0 Å². The summed E-state index contributed by atoms with van der Waals surface area (Å²) in [6, 6.07) is 6.38. The molecule has 0 saturated carbocycles. The Morgan fingerprint density at radius 3 is 2.36 bits per heavy atom. The second-order valence-corrected chi connectivity index (χ2v) is 3.37. The van der Waals surface area contributed by atoms with E-state index in [1.165, 1.54) is 22.3 Å². The second kappa shape index (κ2) is 4.10. The van der Waals surface area contributed by atoms with Gasteiger partial charge >= 0.3 is 0 Å². The standard InChI is InChI=1S/C12H12.C2H4/c1-8-5-4-6-11-7-9(2)10(3)12(8)11;1-2/h4-6H,2-3,7H2,1H3;1-2H2. The van der Waals surface area contributed by atoms with E-state index >= 15 is 0 Å². The van der Waals surface area contributed by atoms with Gasteiger partial charge in [0.25, 0.3) is 0 Å². The highest BCUT2D eigenvalue weighted by Crippen LogP contribution is 2.35. The van der Waals surface area contributed by atoms with Crippen LogP contribution >= 0.6 is 0 Å². The lowest BCUT2D eigenvalue weighted by Crippen LogP contribution is -1.84. The smallest absolute Gasteiger partial charge is 0.00194 e. The summed E-state index contributed by atoms with van der Waals surface area (Å²) in [5.74, 6) is 0. The molecule has 0 heterocycles. The number of hydrogen-bond acceptors (Lipinski definition) is 0. The second-order valence-electron chi connectivity index (χ2n) is 3.37. The first-order valence-corrected chi connectivity index (χ1v) is 4.66. The predicted octanol–water partition coefficient (Wildman–Crippen LogP) is 3.92. The fraction of sp³-hybridized carbons (Fsp3) is 0.143. The van der Waals surface area contributed by atoms with Crippen LogP contribution in [0.5, 0.6) is 0 Å². The summed E-state index contributed by atoms with van der Waals surface area (Å²) in [5.41, 5.74) is 6.31. The maximum atomic E-state index is 4.04. The molecule has 1 aliphatic carbocycles. The fourth-order valence-corrected chi connectivity index (χ4v) is 1.82. The van der Waals surface area contributed by atoms with Crippen molar-refractivity contribution in [3.05, 3.63) is 66.8 Å². The molecule has 0 aliphatic heterocycles. The molecule has 0 heteroatoms. The van der Waals surface area contributed by atoms with E-state index in [2.05, 4.69) is 51.4 Å². The number of allylic oxidation sites excluding steroid dienone is 2. The van der Waals surface area contributed by atoms with Gasteiger partial charge < -0.3 is 0 Å². The first-order valence-electron chi connectivity index (χ1n) is 4.66. The molecule has 0 saturated heterocycles.